The molecule has 4 rings (SSSR count). The molecule has 2 aliphatic rings. The molecule has 0 bridgehead atoms. The van der Waals surface area contributed by atoms with Gasteiger partial charge in [-0.05, 0) is 42.7 Å². The second kappa shape index (κ2) is 9.86. The van der Waals surface area contributed by atoms with Gasteiger partial charge in [-0.2, -0.15) is 0 Å². The van der Waals surface area contributed by atoms with Crippen molar-refractivity contribution in [2.75, 3.05) is 20.2 Å². The van der Waals surface area contributed by atoms with Gasteiger partial charge in [0.2, 0.25) is 11.8 Å². The fraction of sp³-hybridized carbons (Fsp3) is 0.435. The molecule has 9 nitrogen and oxygen atoms in total. The van der Waals surface area contributed by atoms with Crippen molar-refractivity contribution < 1.29 is 23.5 Å². The van der Waals surface area contributed by atoms with Gasteiger partial charge in [-0.1, -0.05) is 12.1 Å². The smallest absolute Gasteiger partial charge is 0.287 e. The van der Waals surface area contributed by atoms with Gasteiger partial charge < -0.3 is 25.1 Å². The van der Waals surface area contributed by atoms with E-state index in [0.717, 1.165) is 11.3 Å². The molecule has 2 aliphatic heterocycles. The molecule has 3 amide bonds. The highest BCUT2D eigenvalue weighted by Crippen LogP contribution is 2.26. The monoisotopic (exact) mass is 440 g/mol. The first kappa shape index (κ1) is 21.9. The van der Waals surface area contributed by atoms with Crippen molar-refractivity contribution in [2.24, 2.45) is 0 Å². The van der Waals surface area contributed by atoms with E-state index in [9.17, 15) is 14.4 Å². The predicted molar refractivity (Wildman–Crippen MR) is 116 cm³/mol. The largest absolute Gasteiger partial charge is 0.497 e. The van der Waals surface area contributed by atoms with Gasteiger partial charge in [-0.25, -0.2) is 0 Å². The number of methoxy groups -OCH3 is 1. The molecule has 2 saturated heterocycles. The fourth-order valence-electron chi connectivity index (χ4n) is 4.34. The third-order valence-electron chi connectivity index (χ3n) is 6.06. The molecule has 3 N–H and O–H groups in total. The Kier molecular flexibility index (Phi) is 6.75. The molecule has 32 heavy (non-hydrogen) atoms. The third-order valence-corrected chi connectivity index (χ3v) is 6.06. The highest BCUT2D eigenvalue weighted by Gasteiger charge is 2.43. The van der Waals surface area contributed by atoms with E-state index in [1.54, 1.807) is 19.2 Å². The van der Waals surface area contributed by atoms with Crippen LogP contribution < -0.4 is 20.7 Å². The number of ether oxygens (including phenoxy) is 1. The number of rotatable bonds is 8. The number of furan rings is 1. The minimum atomic E-state index is -0.294. The number of fused-ring (bicyclic) bond motifs is 1. The molecule has 3 heterocycles. The van der Waals surface area contributed by atoms with Crippen molar-refractivity contribution in [2.45, 2.75) is 43.9 Å². The van der Waals surface area contributed by atoms with Crippen LogP contribution in [0.2, 0.25) is 0 Å². The minimum absolute atomic E-state index is 0.0278. The summed E-state index contributed by atoms with van der Waals surface area (Å²) in [5, 5.41) is 8.83. The zero-order chi connectivity index (χ0) is 22.5. The summed E-state index contributed by atoms with van der Waals surface area (Å²) in [5.74, 6) is 0.688. The van der Waals surface area contributed by atoms with Crippen molar-refractivity contribution in [3.8, 4) is 5.75 Å². The first-order valence-electron chi connectivity index (χ1n) is 10.8. The number of carbonyl (C=O) groups excluding carboxylic acids is 3. The van der Waals surface area contributed by atoms with Crippen LogP contribution in [0.15, 0.2) is 47.1 Å². The maximum atomic E-state index is 12.4. The molecule has 1 aromatic carbocycles. The van der Waals surface area contributed by atoms with E-state index < -0.39 is 0 Å². The van der Waals surface area contributed by atoms with Crippen LogP contribution in [0.25, 0.3) is 0 Å². The predicted octanol–water partition coefficient (Wildman–Crippen LogP) is 1.06. The Morgan fingerprint density at radius 3 is 2.78 bits per heavy atom. The summed E-state index contributed by atoms with van der Waals surface area (Å²) < 4.78 is 10.3. The Bertz CT molecular complexity index is 944. The molecular formula is C23H28N4O5. The lowest BCUT2D eigenvalue weighted by Gasteiger charge is -2.37. The van der Waals surface area contributed by atoms with Crippen LogP contribution in [0.4, 0.5) is 0 Å². The highest BCUT2D eigenvalue weighted by atomic mass is 16.5. The van der Waals surface area contributed by atoms with E-state index >= 15 is 0 Å². The van der Waals surface area contributed by atoms with E-state index in [1.807, 2.05) is 24.3 Å². The lowest BCUT2D eigenvalue weighted by atomic mass is 10.0. The second-order valence-electron chi connectivity index (χ2n) is 8.16. The zero-order valence-electron chi connectivity index (χ0n) is 18.0. The van der Waals surface area contributed by atoms with Gasteiger partial charge in [-0.3, -0.25) is 19.3 Å². The van der Waals surface area contributed by atoms with Crippen molar-refractivity contribution in [3.63, 3.8) is 0 Å². The Labute approximate surface area is 186 Å². The molecule has 1 aromatic heterocycles. The van der Waals surface area contributed by atoms with Gasteiger partial charge >= 0.3 is 0 Å². The standard InChI is InChI=1S/C23H28N4O5/c1-31-18-7-4-15(5-8-18)12-24-21(28)9-6-17-13-25-22(29)19-11-16(14-27(17)19)26-23(30)20-3-2-10-32-20/h2-5,7-8,10,16-17,19H,6,9,11-14H2,1H3,(H,24,28)(H,25,29)(H,26,30). The normalized spacial score (nSPS) is 22.7. The Morgan fingerprint density at radius 1 is 1.25 bits per heavy atom. The first-order chi connectivity index (χ1) is 15.5. The van der Waals surface area contributed by atoms with E-state index in [-0.39, 0.29) is 41.6 Å². The first-order valence-corrected chi connectivity index (χ1v) is 10.8. The van der Waals surface area contributed by atoms with Gasteiger partial charge in [0.05, 0.1) is 19.4 Å². The van der Waals surface area contributed by atoms with Gasteiger partial charge in [-0.15, -0.1) is 0 Å². The van der Waals surface area contributed by atoms with Crippen molar-refractivity contribution >= 4 is 17.7 Å². The Morgan fingerprint density at radius 2 is 2.06 bits per heavy atom. The highest BCUT2D eigenvalue weighted by molar-refractivity contribution is 5.91. The molecular weight excluding hydrogens is 412 g/mol. The number of hydrogen-bond donors (Lipinski definition) is 3. The summed E-state index contributed by atoms with van der Waals surface area (Å²) in [6.07, 6.45) is 2.99. The summed E-state index contributed by atoms with van der Waals surface area (Å²) in [7, 11) is 1.62. The van der Waals surface area contributed by atoms with Crippen LogP contribution in [0, 0.1) is 0 Å². The lowest BCUT2D eigenvalue weighted by molar-refractivity contribution is -0.129. The molecule has 3 atom stereocenters. The molecule has 2 aromatic rings. The molecule has 0 aliphatic carbocycles. The second-order valence-corrected chi connectivity index (χ2v) is 8.16. The summed E-state index contributed by atoms with van der Waals surface area (Å²) in [6.45, 7) is 1.53. The average Bonchev–Trinajstić information content (AvgIpc) is 3.48. The van der Waals surface area contributed by atoms with Crippen LogP contribution in [-0.2, 0) is 16.1 Å². The Hall–Kier alpha value is -3.33. The maximum absolute atomic E-state index is 12.4. The zero-order valence-corrected chi connectivity index (χ0v) is 18.0. The van der Waals surface area contributed by atoms with Gasteiger partial charge in [0.1, 0.15) is 5.75 Å². The summed E-state index contributed by atoms with van der Waals surface area (Å²) in [6, 6.07) is 10.4. The molecule has 3 unspecified atom stereocenters. The van der Waals surface area contributed by atoms with E-state index in [1.165, 1.54) is 6.26 Å². The summed E-state index contributed by atoms with van der Waals surface area (Å²) in [4.78, 5) is 39.1. The topological polar surface area (TPSA) is 113 Å². The van der Waals surface area contributed by atoms with E-state index in [2.05, 4.69) is 20.9 Å². The number of nitrogens with one attached hydrogen (secondary N) is 3. The van der Waals surface area contributed by atoms with Crippen molar-refractivity contribution in [3.05, 3.63) is 54.0 Å². The molecule has 0 radical (unpaired) electrons. The van der Waals surface area contributed by atoms with Gasteiger partial charge in [0.25, 0.3) is 5.91 Å². The lowest BCUT2D eigenvalue weighted by Crippen LogP contribution is -2.58. The van der Waals surface area contributed by atoms with Crippen LogP contribution in [0.3, 0.4) is 0 Å². The summed E-state index contributed by atoms with van der Waals surface area (Å²) >= 11 is 0. The number of piperazine rings is 1. The molecule has 2 fully saturated rings. The maximum Gasteiger partial charge on any atom is 0.287 e. The summed E-state index contributed by atoms with van der Waals surface area (Å²) in [5.41, 5.74) is 0.999. The minimum Gasteiger partial charge on any atom is -0.497 e. The van der Waals surface area contributed by atoms with Crippen LogP contribution in [0.5, 0.6) is 5.75 Å². The average molecular weight is 441 g/mol. The molecule has 0 spiro atoms. The fourth-order valence-corrected chi connectivity index (χ4v) is 4.34. The molecule has 170 valence electrons. The number of carbonyl (C=O) groups is 3. The number of hydrogen-bond acceptors (Lipinski definition) is 6. The van der Waals surface area contributed by atoms with E-state index in [0.29, 0.717) is 38.9 Å². The Balaban J connectivity index is 1.26. The van der Waals surface area contributed by atoms with Crippen LogP contribution in [-0.4, -0.2) is 60.9 Å². The third kappa shape index (κ3) is 5.11. The molecule has 0 saturated carbocycles. The number of benzene rings is 1. The number of nitrogens with zero attached hydrogens (tertiary/aromatic N) is 1. The molecule has 9 heteroatoms. The van der Waals surface area contributed by atoms with E-state index in [4.69, 9.17) is 9.15 Å². The van der Waals surface area contributed by atoms with Crippen molar-refractivity contribution in [1.82, 2.24) is 20.9 Å². The number of amides is 3. The van der Waals surface area contributed by atoms with Crippen LogP contribution >= 0.6 is 0 Å². The SMILES string of the molecule is COc1ccc(CNC(=O)CCC2CNC(=O)C3CC(NC(=O)c4ccco4)CN23)cc1. The quantitative estimate of drug-likeness (QED) is 0.566. The van der Waals surface area contributed by atoms with Gasteiger partial charge in [0.15, 0.2) is 5.76 Å². The van der Waals surface area contributed by atoms with Crippen LogP contribution in [0.1, 0.15) is 35.4 Å². The van der Waals surface area contributed by atoms with Gasteiger partial charge in [0, 0.05) is 38.1 Å². The van der Waals surface area contributed by atoms with Crippen molar-refractivity contribution in [1.29, 1.82) is 0 Å².